The molecule has 1 aromatic rings. The molecule has 0 saturated carbocycles. The zero-order valence-corrected chi connectivity index (χ0v) is 10.4. The van der Waals surface area contributed by atoms with E-state index >= 15 is 0 Å². The van der Waals surface area contributed by atoms with Crippen LogP contribution in [0.3, 0.4) is 0 Å². The molecule has 3 nitrogen and oxygen atoms in total. The molecule has 92 valence electrons. The number of amides is 1. The molecule has 0 spiro atoms. The van der Waals surface area contributed by atoms with E-state index in [-0.39, 0.29) is 5.91 Å². The van der Waals surface area contributed by atoms with Gasteiger partial charge >= 0.3 is 0 Å². The predicted molar refractivity (Wildman–Crippen MR) is 69.0 cm³/mol. The summed E-state index contributed by atoms with van der Waals surface area (Å²) in [6.45, 7) is 5.27. The third-order valence-corrected chi connectivity index (χ3v) is 3.34. The molecular formula is C14H20N2O. The van der Waals surface area contributed by atoms with E-state index in [0.29, 0.717) is 6.54 Å². The fourth-order valence-electron chi connectivity index (χ4n) is 2.28. The Morgan fingerprint density at radius 3 is 2.76 bits per heavy atom. The molecule has 1 aliphatic rings. The summed E-state index contributed by atoms with van der Waals surface area (Å²) in [4.78, 5) is 13.6. The minimum atomic E-state index is 0.227. The van der Waals surface area contributed by atoms with Crippen LogP contribution in [0, 0.1) is 0 Å². The molecule has 0 unspecified atom stereocenters. The van der Waals surface area contributed by atoms with Crippen molar-refractivity contribution in [2.24, 2.45) is 0 Å². The fourth-order valence-corrected chi connectivity index (χ4v) is 2.28. The van der Waals surface area contributed by atoms with Crippen molar-refractivity contribution >= 4 is 5.91 Å². The van der Waals surface area contributed by atoms with Gasteiger partial charge in [-0.25, -0.2) is 0 Å². The summed E-state index contributed by atoms with van der Waals surface area (Å²) in [5.74, 6) is 0.227. The second kappa shape index (κ2) is 5.82. The zero-order valence-electron chi connectivity index (χ0n) is 10.4. The highest BCUT2D eigenvalue weighted by Crippen LogP contribution is 2.11. The topological polar surface area (TPSA) is 32.3 Å². The largest absolute Gasteiger partial charge is 0.340 e. The fraction of sp³-hybridized carbons (Fsp3) is 0.500. The number of aryl methyl sites for hydroxylation is 1. The zero-order chi connectivity index (χ0) is 12.1. The summed E-state index contributed by atoms with van der Waals surface area (Å²) in [6, 6.07) is 8.51. The van der Waals surface area contributed by atoms with Gasteiger partial charge in [0, 0.05) is 19.6 Å². The molecular weight excluding hydrogens is 212 g/mol. The second-order valence-corrected chi connectivity index (χ2v) is 4.43. The monoisotopic (exact) mass is 232 g/mol. The first kappa shape index (κ1) is 12.1. The highest BCUT2D eigenvalue weighted by atomic mass is 16.2. The van der Waals surface area contributed by atoms with Gasteiger partial charge in [0.05, 0.1) is 6.54 Å². The van der Waals surface area contributed by atoms with Crippen molar-refractivity contribution in [1.82, 2.24) is 10.2 Å². The van der Waals surface area contributed by atoms with Crippen LogP contribution in [0.5, 0.6) is 0 Å². The molecule has 0 aromatic heterocycles. The molecule has 0 atom stereocenters. The molecule has 1 amide bonds. The summed E-state index contributed by atoms with van der Waals surface area (Å²) in [7, 11) is 0. The van der Waals surface area contributed by atoms with Gasteiger partial charge in [0.1, 0.15) is 0 Å². The molecule has 1 N–H and O–H groups in total. The number of hydrogen-bond donors (Lipinski definition) is 1. The van der Waals surface area contributed by atoms with Crippen LogP contribution in [0.25, 0.3) is 0 Å². The minimum Gasteiger partial charge on any atom is -0.340 e. The van der Waals surface area contributed by atoms with Crippen LogP contribution < -0.4 is 5.32 Å². The number of piperazine rings is 1. The average molecular weight is 232 g/mol. The minimum absolute atomic E-state index is 0.227. The van der Waals surface area contributed by atoms with Crippen LogP contribution >= 0.6 is 0 Å². The lowest BCUT2D eigenvalue weighted by molar-refractivity contribution is -0.131. The number of carbonyl (C=O) groups excluding carboxylic acids is 1. The van der Waals surface area contributed by atoms with E-state index in [1.165, 1.54) is 11.1 Å². The van der Waals surface area contributed by atoms with Gasteiger partial charge in [-0.3, -0.25) is 4.79 Å². The van der Waals surface area contributed by atoms with Gasteiger partial charge in [-0.2, -0.15) is 0 Å². The van der Waals surface area contributed by atoms with Gasteiger partial charge in [-0.1, -0.05) is 31.2 Å². The van der Waals surface area contributed by atoms with Gasteiger partial charge in [0.2, 0.25) is 5.91 Å². The standard InChI is InChI=1S/C14H20N2O/c1-2-12-5-3-4-6-13(12)7-9-16-10-8-15-11-14(16)17/h3-6,15H,2,7-11H2,1H3. The van der Waals surface area contributed by atoms with Crippen molar-refractivity contribution in [2.45, 2.75) is 19.8 Å². The summed E-state index contributed by atoms with van der Waals surface area (Å²) in [6.07, 6.45) is 2.03. The smallest absolute Gasteiger partial charge is 0.236 e. The second-order valence-electron chi connectivity index (χ2n) is 4.43. The number of nitrogens with one attached hydrogen (secondary N) is 1. The third-order valence-electron chi connectivity index (χ3n) is 3.34. The first-order valence-corrected chi connectivity index (χ1v) is 6.36. The van der Waals surface area contributed by atoms with Gasteiger partial charge in [0.25, 0.3) is 0 Å². The number of carbonyl (C=O) groups is 1. The van der Waals surface area contributed by atoms with E-state index in [1.807, 2.05) is 4.90 Å². The van der Waals surface area contributed by atoms with Crippen LogP contribution in [0.2, 0.25) is 0 Å². The number of rotatable bonds is 4. The van der Waals surface area contributed by atoms with E-state index in [9.17, 15) is 4.79 Å². The first-order chi connectivity index (χ1) is 8.31. The molecule has 0 radical (unpaired) electrons. The molecule has 17 heavy (non-hydrogen) atoms. The van der Waals surface area contributed by atoms with E-state index in [2.05, 4.69) is 36.5 Å². The number of hydrogen-bond acceptors (Lipinski definition) is 2. The van der Waals surface area contributed by atoms with Crippen LogP contribution in [0.4, 0.5) is 0 Å². The van der Waals surface area contributed by atoms with Crippen molar-refractivity contribution in [2.75, 3.05) is 26.2 Å². The van der Waals surface area contributed by atoms with Crippen molar-refractivity contribution in [3.05, 3.63) is 35.4 Å². The molecule has 1 saturated heterocycles. The van der Waals surface area contributed by atoms with Gasteiger partial charge in [-0.05, 0) is 24.0 Å². The maximum atomic E-state index is 11.6. The maximum Gasteiger partial charge on any atom is 0.236 e. The van der Waals surface area contributed by atoms with Gasteiger partial charge in [-0.15, -0.1) is 0 Å². The quantitative estimate of drug-likeness (QED) is 0.846. The van der Waals surface area contributed by atoms with Gasteiger partial charge < -0.3 is 10.2 Å². The van der Waals surface area contributed by atoms with E-state index < -0.39 is 0 Å². The Morgan fingerprint density at radius 1 is 1.29 bits per heavy atom. The SMILES string of the molecule is CCc1ccccc1CCN1CCNCC1=O. The molecule has 2 rings (SSSR count). The Hall–Kier alpha value is -1.35. The molecule has 3 heteroatoms. The summed E-state index contributed by atoms with van der Waals surface area (Å²) >= 11 is 0. The summed E-state index contributed by atoms with van der Waals surface area (Å²) < 4.78 is 0. The molecule has 1 heterocycles. The van der Waals surface area contributed by atoms with Crippen molar-refractivity contribution in [3.8, 4) is 0 Å². The average Bonchev–Trinajstić information content (AvgIpc) is 2.38. The van der Waals surface area contributed by atoms with Gasteiger partial charge in [0.15, 0.2) is 0 Å². The van der Waals surface area contributed by atoms with E-state index in [0.717, 1.165) is 32.5 Å². The Balaban J connectivity index is 1.94. The lowest BCUT2D eigenvalue weighted by Crippen LogP contribution is -2.48. The van der Waals surface area contributed by atoms with Crippen molar-refractivity contribution in [3.63, 3.8) is 0 Å². The highest BCUT2D eigenvalue weighted by Gasteiger charge is 2.17. The Bertz CT molecular complexity index is 390. The summed E-state index contributed by atoms with van der Waals surface area (Å²) in [5, 5.41) is 3.09. The van der Waals surface area contributed by atoms with E-state index in [1.54, 1.807) is 0 Å². The van der Waals surface area contributed by atoms with Crippen molar-refractivity contribution < 1.29 is 4.79 Å². The third kappa shape index (κ3) is 3.07. The van der Waals surface area contributed by atoms with E-state index in [4.69, 9.17) is 0 Å². The Labute approximate surface area is 103 Å². The molecule has 0 bridgehead atoms. The maximum absolute atomic E-state index is 11.6. The molecule has 0 aliphatic carbocycles. The van der Waals surface area contributed by atoms with Crippen LogP contribution in [0.1, 0.15) is 18.1 Å². The number of benzene rings is 1. The molecule has 1 aromatic carbocycles. The Kier molecular flexibility index (Phi) is 4.15. The van der Waals surface area contributed by atoms with Crippen LogP contribution in [-0.2, 0) is 17.6 Å². The first-order valence-electron chi connectivity index (χ1n) is 6.36. The number of nitrogens with zero attached hydrogens (tertiary/aromatic N) is 1. The van der Waals surface area contributed by atoms with Crippen LogP contribution in [0.15, 0.2) is 24.3 Å². The lowest BCUT2D eigenvalue weighted by atomic mass is 10.0. The Morgan fingerprint density at radius 2 is 2.06 bits per heavy atom. The lowest BCUT2D eigenvalue weighted by Gasteiger charge is -2.27. The molecule has 1 fully saturated rings. The normalized spacial score (nSPS) is 16.3. The van der Waals surface area contributed by atoms with Crippen molar-refractivity contribution in [1.29, 1.82) is 0 Å². The predicted octanol–water partition coefficient (Wildman–Crippen LogP) is 1.22. The highest BCUT2D eigenvalue weighted by molar-refractivity contribution is 5.79. The summed E-state index contributed by atoms with van der Waals surface area (Å²) in [5.41, 5.74) is 2.77. The van der Waals surface area contributed by atoms with Crippen LogP contribution in [-0.4, -0.2) is 37.0 Å². The molecule has 1 aliphatic heterocycles.